The first kappa shape index (κ1) is 26.5. The maximum Gasteiger partial charge on any atom is 0.350 e. The molecule has 1 atom stereocenters. The minimum atomic E-state index is -0.861. The van der Waals surface area contributed by atoms with Gasteiger partial charge in [-0.15, -0.1) is 0 Å². The van der Waals surface area contributed by atoms with Gasteiger partial charge in [0, 0.05) is 0 Å². The Kier molecular flexibility index (Phi) is 6.67. The number of rotatable bonds is 6. The fraction of sp³-hybridized carbons (Fsp3) is 0.188. The highest BCUT2D eigenvalue weighted by Gasteiger charge is 2.45. The van der Waals surface area contributed by atoms with Gasteiger partial charge in [-0.05, 0) is 80.8 Å². The molecule has 0 saturated carbocycles. The van der Waals surface area contributed by atoms with Crippen LogP contribution in [0.15, 0.2) is 75.9 Å². The van der Waals surface area contributed by atoms with Crippen LogP contribution >= 0.6 is 11.3 Å². The number of ether oxygens (including phenoxy) is 2. The summed E-state index contributed by atoms with van der Waals surface area (Å²) in [6, 6.07) is 19.3. The average Bonchev–Trinajstić information content (AvgIpc) is 3.48. The Balaban J connectivity index is 1.55. The highest BCUT2D eigenvalue weighted by molar-refractivity contribution is 7.17. The molecule has 0 aliphatic carbocycles. The van der Waals surface area contributed by atoms with Crippen LogP contribution in [-0.2, 0) is 4.74 Å². The number of esters is 1. The zero-order valence-electron chi connectivity index (χ0n) is 22.9. The lowest BCUT2D eigenvalue weighted by atomic mass is 9.97. The van der Waals surface area contributed by atoms with Gasteiger partial charge in [-0.2, -0.15) is 0 Å². The second-order valence-electron chi connectivity index (χ2n) is 9.80. The van der Waals surface area contributed by atoms with Crippen molar-refractivity contribution in [2.45, 2.75) is 33.7 Å². The minimum absolute atomic E-state index is 0.0457. The first-order chi connectivity index (χ1) is 19.8. The van der Waals surface area contributed by atoms with Crippen molar-refractivity contribution in [1.82, 2.24) is 4.98 Å². The van der Waals surface area contributed by atoms with Crippen LogP contribution in [0.1, 0.15) is 61.1 Å². The highest BCUT2D eigenvalue weighted by Crippen LogP contribution is 2.44. The third-order valence-corrected chi connectivity index (χ3v) is 8.23. The van der Waals surface area contributed by atoms with Gasteiger partial charge in [-0.1, -0.05) is 41.7 Å². The number of aryl methyl sites for hydroxylation is 3. The van der Waals surface area contributed by atoms with Gasteiger partial charge < -0.3 is 13.9 Å². The molecule has 3 aromatic carbocycles. The molecule has 9 heteroatoms. The van der Waals surface area contributed by atoms with E-state index in [1.165, 1.54) is 4.90 Å². The molecule has 8 nitrogen and oxygen atoms in total. The molecule has 1 unspecified atom stereocenters. The molecule has 1 aliphatic rings. The van der Waals surface area contributed by atoms with Crippen molar-refractivity contribution in [1.29, 1.82) is 0 Å². The molecule has 3 heterocycles. The number of hydrogen-bond acceptors (Lipinski definition) is 8. The number of nitrogens with zero attached hydrogens (tertiary/aromatic N) is 2. The van der Waals surface area contributed by atoms with Gasteiger partial charge in [0.25, 0.3) is 5.91 Å². The number of amides is 1. The normalized spacial score (nSPS) is 14.4. The van der Waals surface area contributed by atoms with Crippen LogP contribution in [0.3, 0.4) is 0 Å². The lowest BCUT2D eigenvalue weighted by molar-refractivity contribution is 0.0531. The van der Waals surface area contributed by atoms with Crippen LogP contribution in [-0.4, -0.2) is 23.5 Å². The van der Waals surface area contributed by atoms with E-state index in [0.717, 1.165) is 22.5 Å². The minimum Gasteiger partial charge on any atom is -0.462 e. The molecule has 0 bridgehead atoms. The van der Waals surface area contributed by atoms with E-state index in [-0.39, 0.29) is 28.5 Å². The lowest BCUT2D eigenvalue weighted by Crippen LogP contribution is -2.29. The van der Waals surface area contributed by atoms with E-state index in [0.29, 0.717) is 38.6 Å². The zero-order chi connectivity index (χ0) is 28.8. The fourth-order valence-corrected chi connectivity index (χ4v) is 5.97. The first-order valence-corrected chi connectivity index (χ1v) is 14.0. The summed E-state index contributed by atoms with van der Waals surface area (Å²) in [5, 5.41) is 0.655. The van der Waals surface area contributed by atoms with Gasteiger partial charge in [-0.3, -0.25) is 14.5 Å². The third-order valence-electron chi connectivity index (χ3n) is 7.09. The zero-order valence-corrected chi connectivity index (χ0v) is 23.7. The van der Waals surface area contributed by atoms with E-state index >= 15 is 0 Å². The Bertz CT molecular complexity index is 1890. The molecule has 0 saturated heterocycles. The van der Waals surface area contributed by atoms with Crippen LogP contribution in [0.2, 0.25) is 0 Å². The Morgan fingerprint density at radius 2 is 1.71 bits per heavy atom. The summed E-state index contributed by atoms with van der Waals surface area (Å²) < 4.78 is 17.4. The van der Waals surface area contributed by atoms with Crippen LogP contribution in [0, 0.1) is 20.8 Å². The molecule has 41 heavy (non-hydrogen) atoms. The largest absolute Gasteiger partial charge is 0.462 e. The van der Waals surface area contributed by atoms with Crippen molar-refractivity contribution in [2.75, 3.05) is 11.5 Å². The maximum absolute atomic E-state index is 14.1. The van der Waals surface area contributed by atoms with Crippen molar-refractivity contribution in [3.63, 3.8) is 0 Å². The quantitative estimate of drug-likeness (QED) is 0.206. The van der Waals surface area contributed by atoms with E-state index in [2.05, 4.69) is 4.98 Å². The van der Waals surface area contributed by atoms with Gasteiger partial charge in [-0.25, -0.2) is 9.78 Å². The number of carbonyl (C=O) groups is 2. The Morgan fingerprint density at radius 1 is 0.976 bits per heavy atom. The summed E-state index contributed by atoms with van der Waals surface area (Å²) in [6.45, 7) is 7.47. The number of hydrogen-bond donors (Lipinski definition) is 0. The predicted molar refractivity (Wildman–Crippen MR) is 156 cm³/mol. The SMILES string of the molecule is CCOC(=O)c1sc(N2C(=O)c3oc4cc(C)c(C)cc4c(=O)c3C2c2cccc(Oc3ccccc3)c2)nc1C. The maximum atomic E-state index is 14.1. The van der Waals surface area contributed by atoms with E-state index in [1.807, 2.05) is 56.3 Å². The van der Waals surface area contributed by atoms with Gasteiger partial charge >= 0.3 is 5.97 Å². The molecule has 0 radical (unpaired) electrons. The van der Waals surface area contributed by atoms with Crippen molar-refractivity contribution in [3.05, 3.63) is 116 Å². The van der Waals surface area contributed by atoms with E-state index in [9.17, 15) is 14.4 Å². The number of anilines is 1. The van der Waals surface area contributed by atoms with Crippen molar-refractivity contribution in [3.8, 4) is 11.5 Å². The van der Waals surface area contributed by atoms with E-state index < -0.39 is 17.9 Å². The Hall–Kier alpha value is -4.76. The smallest absolute Gasteiger partial charge is 0.350 e. The Labute approximate surface area is 239 Å². The molecule has 0 spiro atoms. The molecule has 1 amide bonds. The highest BCUT2D eigenvalue weighted by atomic mass is 32.1. The number of aromatic nitrogens is 1. The topological polar surface area (TPSA) is 98.9 Å². The van der Waals surface area contributed by atoms with Crippen LogP contribution in [0.4, 0.5) is 5.13 Å². The number of thiazole rings is 1. The second-order valence-corrected chi connectivity index (χ2v) is 10.8. The van der Waals surface area contributed by atoms with Gasteiger partial charge in [0.05, 0.1) is 29.3 Å². The summed E-state index contributed by atoms with van der Waals surface area (Å²) in [6.07, 6.45) is 0. The number of para-hydroxylation sites is 1. The fourth-order valence-electron chi connectivity index (χ4n) is 4.98. The van der Waals surface area contributed by atoms with Crippen LogP contribution in [0.5, 0.6) is 11.5 Å². The second kappa shape index (κ2) is 10.3. The van der Waals surface area contributed by atoms with Gasteiger partial charge in [0.15, 0.2) is 10.6 Å². The standard InChI is InChI=1S/C32H26N2O6S/c1-5-38-31(37)29-19(4)33-32(41-29)34-26(20-10-9-13-22(16-20)39-21-11-7-6-8-12-21)25-27(35)23-14-17(2)18(3)15-24(23)40-28(25)30(34)36/h6-16,26H,5H2,1-4H3. The third kappa shape index (κ3) is 4.58. The van der Waals surface area contributed by atoms with Crippen molar-refractivity contribution in [2.24, 2.45) is 0 Å². The summed E-state index contributed by atoms with van der Waals surface area (Å²) in [7, 11) is 0. The summed E-state index contributed by atoms with van der Waals surface area (Å²) in [5.74, 6) is 0.110. The monoisotopic (exact) mass is 566 g/mol. The molecule has 206 valence electrons. The van der Waals surface area contributed by atoms with E-state index in [1.54, 1.807) is 38.1 Å². The van der Waals surface area contributed by atoms with Crippen molar-refractivity contribution < 1.29 is 23.5 Å². The molecule has 0 fully saturated rings. The molecule has 6 rings (SSSR count). The molecular formula is C32H26N2O6S. The summed E-state index contributed by atoms with van der Waals surface area (Å²) in [5.41, 5.74) is 3.21. The van der Waals surface area contributed by atoms with Crippen molar-refractivity contribution >= 4 is 39.3 Å². The number of carbonyl (C=O) groups excluding carboxylic acids is 2. The number of benzene rings is 3. The molecule has 1 aliphatic heterocycles. The summed E-state index contributed by atoms with van der Waals surface area (Å²) in [4.78, 5) is 47.0. The van der Waals surface area contributed by atoms with Crippen LogP contribution in [0.25, 0.3) is 11.0 Å². The molecular weight excluding hydrogens is 540 g/mol. The molecule has 0 N–H and O–H groups in total. The van der Waals surface area contributed by atoms with Gasteiger partial charge in [0.2, 0.25) is 5.76 Å². The molecule has 2 aromatic heterocycles. The van der Waals surface area contributed by atoms with E-state index in [4.69, 9.17) is 13.9 Å². The molecule has 5 aromatic rings. The summed E-state index contributed by atoms with van der Waals surface area (Å²) >= 11 is 1.04. The Morgan fingerprint density at radius 3 is 2.46 bits per heavy atom. The average molecular weight is 567 g/mol. The van der Waals surface area contributed by atoms with Crippen LogP contribution < -0.4 is 15.1 Å². The van der Waals surface area contributed by atoms with Gasteiger partial charge in [0.1, 0.15) is 22.0 Å². The lowest BCUT2D eigenvalue weighted by Gasteiger charge is -2.23. The predicted octanol–water partition coefficient (Wildman–Crippen LogP) is 6.89. The first-order valence-electron chi connectivity index (χ1n) is 13.2. The number of fused-ring (bicyclic) bond motifs is 2.